The van der Waals surface area contributed by atoms with Crippen LogP contribution in [0.25, 0.3) is 0 Å². The normalized spacial score (nSPS) is 10.1. The van der Waals surface area contributed by atoms with E-state index in [1.54, 1.807) is 24.3 Å². The summed E-state index contributed by atoms with van der Waals surface area (Å²) in [5, 5.41) is 0. The fraction of sp³-hybridized carbons (Fsp3) is 0.462. The van der Waals surface area contributed by atoms with Crippen molar-refractivity contribution in [3.05, 3.63) is 24.3 Å². The van der Waals surface area contributed by atoms with Crippen LogP contribution in [0.5, 0.6) is 5.75 Å². The molecule has 0 unspecified atom stereocenters. The molecule has 0 bridgehead atoms. The van der Waals surface area contributed by atoms with Gasteiger partial charge in [-0.25, -0.2) is 4.79 Å². The van der Waals surface area contributed by atoms with Crippen LogP contribution in [0.4, 0.5) is 5.69 Å². The number of anilines is 1. The number of carbonyl (C=O) groups is 1. The topological polar surface area (TPSA) is 70.8 Å². The molecule has 5 heteroatoms. The molecule has 0 saturated carbocycles. The van der Waals surface area contributed by atoms with Gasteiger partial charge in [-0.2, -0.15) is 0 Å². The minimum Gasteiger partial charge on any atom is -0.482 e. The Hall–Kier alpha value is -1.75. The molecule has 1 aromatic carbocycles. The van der Waals surface area contributed by atoms with E-state index in [9.17, 15) is 4.79 Å². The second-order valence-electron chi connectivity index (χ2n) is 3.69. The fourth-order valence-electron chi connectivity index (χ4n) is 1.25. The highest BCUT2D eigenvalue weighted by atomic mass is 16.6. The molecule has 0 radical (unpaired) electrons. The Balaban J connectivity index is 2.13. The third kappa shape index (κ3) is 6.10. The first-order valence-electron chi connectivity index (χ1n) is 5.94. The van der Waals surface area contributed by atoms with Crippen molar-refractivity contribution in [1.82, 2.24) is 0 Å². The average molecular weight is 253 g/mol. The van der Waals surface area contributed by atoms with Crippen LogP contribution in [-0.2, 0) is 14.3 Å². The Morgan fingerprint density at radius 2 is 2.11 bits per heavy atom. The van der Waals surface area contributed by atoms with Gasteiger partial charge < -0.3 is 19.9 Å². The van der Waals surface area contributed by atoms with E-state index in [0.717, 1.165) is 6.42 Å². The molecular weight excluding hydrogens is 234 g/mol. The Morgan fingerprint density at radius 1 is 1.28 bits per heavy atom. The summed E-state index contributed by atoms with van der Waals surface area (Å²) in [7, 11) is 0. The molecule has 0 aliphatic rings. The zero-order chi connectivity index (χ0) is 13.2. The van der Waals surface area contributed by atoms with Gasteiger partial charge in [0, 0.05) is 18.4 Å². The zero-order valence-electron chi connectivity index (χ0n) is 10.6. The van der Waals surface area contributed by atoms with Crippen molar-refractivity contribution in [2.24, 2.45) is 0 Å². The van der Waals surface area contributed by atoms with Crippen molar-refractivity contribution in [2.45, 2.75) is 13.3 Å². The number of benzene rings is 1. The lowest BCUT2D eigenvalue weighted by atomic mass is 10.3. The number of carbonyl (C=O) groups excluding carboxylic acids is 1. The smallest absolute Gasteiger partial charge is 0.344 e. The van der Waals surface area contributed by atoms with Gasteiger partial charge in [-0.15, -0.1) is 0 Å². The van der Waals surface area contributed by atoms with Gasteiger partial charge in [-0.3, -0.25) is 0 Å². The van der Waals surface area contributed by atoms with Crippen LogP contribution in [0.2, 0.25) is 0 Å². The van der Waals surface area contributed by atoms with E-state index in [2.05, 4.69) is 0 Å². The van der Waals surface area contributed by atoms with E-state index >= 15 is 0 Å². The summed E-state index contributed by atoms with van der Waals surface area (Å²) in [5.41, 5.74) is 6.17. The molecule has 0 fully saturated rings. The molecule has 0 saturated heterocycles. The number of esters is 1. The highest BCUT2D eigenvalue weighted by Gasteiger charge is 2.04. The lowest BCUT2D eigenvalue weighted by Crippen LogP contribution is -2.17. The molecule has 2 N–H and O–H groups in total. The summed E-state index contributed by atoms with van der Waals surface area (Å²) in [6.45, 7) is 3.23. The summed E-state index contributed by atoms with van der Waals surface area (Å²) in [5.74, 6) is 0.131. The lowest BCUT2D eigenvalue weighted by molar-refractivity contribution is -0.147. The van der Waals surface area contributed by atoms with Crippen LogP contribution in [0.15, 0.2) is 24.3 Å². The summed E-state index contributed by atoms with van der Waals surface area (Å²) >= 11 is 0. The van der Waals surface area contributed by atoms with Gasteiger partial charge >= 0.3 is 5.97 Å². The molecule has 18 heavy (non-hydrogen) atoms. The van der Waals surface area contributed by atoms with Crippen LogP contribution < -0.4 is 10.5 Å². The maximum absolute atomic E-state index is 11.3. The predicted molar refractivity (Wildman–Crippen MR) is 68.4 cm³/mol. The van der Waals surface area contributed by atoms with Gasteiger partial charge in [0.1, 0.15) is 12.4 Å². The number of rotatable bonds is 8. The largest absolute Gasteiger partial charge is 0.482 e. The van der Waals surface area contributed by atoms with E-state index in [1.807, 2.05) is 6.92 Å². The molecule has 0 heterocycles. The Bertz CT molecular complexity index is 368. The second kappa shape index (κ2) is 8.36. The van der Waals surface area contributed by atoms with Crippen molar-refractivity contribution in [3.63, 3.8) is 0 Å². The van der Waals surface area contributed by atoms with Gasteiger partial charge in [0.25, 0.3) is 0 Å². The molecule has 5 nitrogen and oxygen atoms in total. The van der Waals surface area contributed by atoms with Crippen molar-refractivity contribution >= 4 is 11.7 Å². The minimum absolute atomic E-state index is 0.128. The maximum Gasteiger partial charge on any atom is 0.344 e. The van der Waals surface area contributed by atoms with Gasteiger partial charge in [0.2, 0.25) is 0 Å². The second-order valence-corrected chi connectivity index (χ2v) is 3.69. The number of nitrogen functional groups attached to an aromatic ring is 1. The van der Waals surface area contributed by atoms with Crippen molar-refractivity contribution < 1.29 is 19.0 Å². The summed E-state index contributed by atoms with van der Waals surface area (Å²) in [6, 6.07) is 6.89. The quantitative estimate of drug-likeness (QED) is 0.433. The first kappa shape index (κ1) is 14.3. The SMILES string of the molecule is CCCOCCOC(=O)COc1cccc(N)c1. The highest BCUT2D eigenvalue weighted by Crippen LogP contribution is 2.14. The highest BCUT2D eigenvalue weighted by molar-refractivity contribution is 5.71. The lowest BCUT2D eigenvalue weighted by Gasteiger charge is -2.07. The number of ether oxygens (including phenoxy) is 3. The van der Waals surface area contributed by atoms with Crippen molar-refractivity contribution in [1.29, 1.82) is 0 Å². The van der Waals surface area contributed by atoms with Gasteiger partial charge in [0.05, 0.1) is 6.61 Å². The van der Waals surface area contributed by atoms with E-state index in [-0.39, 0.29) is 13.2 Å². The molecule has 1 aromatic rings. The van der Waals surface area contributed by atoms with Crippen LogP contribution in [0, 0.1) is 0 Å². The Labute approximate surface area is 107 Å². The van der Waals surface area contributed by atoms with E-state index < -0.39 is 5.97 Å². The third-order valence-electron chi connectivity index (χ3n) is 2.05. The van der Waals surface area contributed by atoms with Crippen molar-refractivity contribution in [2.75, 3.05) is 32.2 Å². The first-order chi connectivity index (χ1) is 8.72. The Kier molecular flexibility index (Phi) is 6.64. The van der Waals surface area contributed by atoms with E-state index in [1.165, 1.54) is 0 Å². The fourth-order valence-corrected chi connectivity index (χ4v) is 1.25. The molecule has 1 rings (SSSR count). The van der Waals surface area contributed by atoms with Crippen LogP contribution >= 0.6 is 0 Å². The molecule has 0 atom stereocenters. The van der Waals surface area contributed by atoms with Gasteiger partial charge in [-0.1, -0.05) is 13.0 Å². The number of hydrogen-bond donors (Lipinski definition) is 1. The van der Waals surface area contributed by atoms with Gasteiger partial charge in [0.15, 0.2) is 6.61 Å². The van der Waals surface area contributed by atoms with E-state index in [0.29, 0.717) is 24.7 Å². The molecule has 0 amide bonds. The number of nitrogens with two attached hydrogens (primary N) is 1. The average Bonchev–Trinajstić information content (AvgIpc) is 2.36. The molecule has 0 aromatic heterocycles. The van der Waals surface area contributed by atoms with Crippen LogP contribution in [0.3, 0.4) is 0 Å². The number of hydrogen-bond acceptors (Lipinski definition) is 5. The molecule has 0 spiro atoms. The first-order valence-corrected chi connectivity index (χ1v) is 5.94. The monoisotopic (exact) mass is 253 g/mol. The summed E-state index contributed by atoms with van der Waals surface area (Å²) < 4.78 is 15.3. The predicted octanol–water partition coefficient (Wildman–Crippen LogP) is 1.62. The van der Waals surface area contributed by atoms with Crippen LogP contribution in [0.1, 0.15) is 13.3 Å². The Morgan fingerprint density at radius 3 is 2.83 bits per heavy atom. The van der Waals surface area contributed by atoms with Gasteiger partial charge in [-0.05, 0) is 18.6 Å². The molecule has 100 valence electrons. The van der Waals surface area contributed by atoms with Crippen LogP contribution in [-0.4, -0.2) is 32.4 Å². The standard InChI is InChI=1S/C13H19NO4/c1-2-6-16-7-8-17-13(15)10-18-12-5-3-4-11(14)9-12/h3-5,9H,2,6-8,10,14H2,1H3. The minimum atomic E-state index is -0.419. The molecule has 0 aliphatic heterocycles. The molecule has 0 aliphatic carbocycles. The zero-order valence-corrected chi connectivity index (χ0v) is 10.6. The molecular formula is C13H19NO4. The summed E-state index contributed by atoms with van der Waals surface area (Å²) in [6.07, 6.45) is 0.951. The van der Waals surface area contributed by atoms with Crippen molar-refractivity contribution in [3.8, 4) is 5.75 Å². The summed E-state index contributed by atoms with van der Waals surface area (Å²) in [4.78, 5) is 11.3. The third-order valence-corrected chi connectivity index (χ3v) is 2.05. The maximum atomic E-state index is 11.3. The van der Waals surface area contributed by atoms with E-state index in [4.69, 9.17) is 19.9 Å².